The van der Waals surface area contributed by atoms with E-state index in [1.807, 2.05) is 37.4 Å². The first kappa shape index (κ1) is 12.8. The molecule has 3 aromatic rings. The summed E-state index contributed by atoms with van der Waals surface area (Å²) in [6, 6.07) is 8.04. The van der Waals surface area contributed by atoms with Gasteiger partial charge < -0.3 is 10.3 Å². The van der Waals surface area contributed by atoms with E-state index < -0.39 is 0 Å². The number of benzene rings is 1. The second kappa shape index (κ2) is 4.84. The average molecular weight is 293 g/mol. The number of carbonyl (C=O) groups excluding carboxylic acids is 1. The van der Waals surface area contributed by atoms with E-state index in [1.165, 1.54) is 0 Å². The van der Waals surface area contributed by atoms with Gasteiger partial charge in [0, 0.05) is 29.2 Å². The lowest BCUT2D eigenvalue weighted by Crippen LogP contribution is -2.40. The van der Waals surface area contributed by atoms with Crippen LogP contribution in [-0.2, 0) is 4.79 Å². The minimum absolute atomic E-state index is 0.0151. The smallest absolute Gasteiger partial charge is 0.247 e. The monoisotopic (exact) mass is 293 g/mol. The van der Waals surface area contributed by atoms with E-state index in [4.69, 9.17) is 0 Å². The molecule has 1 aliphatic rings. The molecule has 4 rings (SSSR count). The number of H-pyrrole nitrogens is 1. The second-order valence-corrected chi connectivity index (χ2v) is 5.16. The molecule has 0 fully saturated rings. The third kappa shape index (κ3) is 1.84. The number of aromatic nitrogens is 3. The van der Waals surface area contributed by atoms with Crippen molar-refractivity contribution in [2.75, 3.05) is 23.3 Å². The molecule has 1 aliphatic heterocycles. The lowest BCUT2D eigenvalue weighted by molar-refractivity contribution is -0.117. The van der Waals surface area contributed by atoms with Crippen molar-refractivity contribution in [3.05, 3.63) is 36.7 Å². The third-order valence-corrected chi connectivity index (χ3v) is 3.91. The van der Waals surface area contributed by atoms with E-state index >= 15 is 0 Å². The number of rotatable bonds is 2. The molecular formula is C16H15N5O. The molecule has 0 spiro atoms. The van der Waals surface area contributed by atoms with Crippen LogP contribution in [0.15, 0.2) is 36.7 Å². The fraction of sp³-hybridized carbons (Fsp3) is 0.188. The molecule has 0 bridgehead atoms. The number of likely N-dealkylation sites (N-methyl/N-ethyl adjacent to an activating group) is 1. The largest absolute Gasteiger partial charge is 0.361 e. The van der Waals surface area contributed by atoms with Gasteiger partial charge in [-0.05, 0) is 19.1 Å². The standard InChI is InChI=1S/C16H15N5O/c1-2-21-14(22)9-19-15-16(21)20-13(8-18-15)10-4-3-5-12-11(10)6-7-17-12/h3-8,17H,2,9H2,1H3,(H,18,19). The summed E-state index contributed by atoms with van der Waals surface area (Å²) in [6.45, 7) is 2.79. The maximum absolute atomic E-state index is 12.0. The van der Waals surface area contributed by atoms with Crippen molar-refractivity contribution in [1.29, 1.82) is 0 Å². The van der Waals surface area contributed by atoms with E-state index in [1.54, 1.807) is 11.1 Å². The summed E-state index contributed by atoms with van der Waals surface area (Å²) in [5.74, 6) is 1.27. The van der Waals surface area contributed by atoms with Crippen molar-refractivity contribution in [3.8, 4) is 11.3 Å². The quantitative estimate of drug-likeness (QED) is 0.761. The first-order valence-electron chi connectivity index (χ1n) is 7.25. The number of carbonyl (C=O) groups is 1. The number of aromatic amines is 1. The highest BCUT2D eigenvalue weighted by Crippen LogP contribution is 2.31. The van der Waals surface area contributed by atoms with Crippen LogP contribution in [0.2, 0.25) is 0 Å². The van der Waals surface area contributed by atoms with Gasteiger partial charge in [-0.2, -0.15) is 0 Å². The SMILES string of the molecule is CCN1C(=O)CNc2ncc(-c3cccc4[nH]ccc34)nc21. The van der Waals surface area contributed by atoms with Gasteiger partial charge in [-0.1, -0.05) is 12.1 Å². The fourth-order valence-corrected chi connectivity index (χ4v) is 2.83. The zero-order valence-electron chi connectivity index (χ0n) is 12.1. The Bertz CT molecular complexity index is 870. The summed E-state index contributed by atoms with van der Waals surface area (Å²) in [4.78, 5) is 26.0. The van der Waals surface area contributed by atoms with Gasteiger partial charge >= 0.3 is 0 Å². The Balaban J connectivity index is 1.89. The zero-order valence-corrected chi connectivity index (χ0v) is 12.1. The summed E-state index contributed by atoms with van der Waals surface area (Å²) < 4.78 is 0. The summed E-state index contributed by atoms with van der Waals surface area (Å²) in [5, 5.41) is 4.11. The first-order chi connectivity index (χ1) is 10.8. The van der Waals surface area contributed by atoms with Gasteiger partial charge in [0.05, 0.1) is 18.4 Å². The van der Waals surface area contributed by atoms with E-state index in [2.05, 4.69) is 20.3 Å². The van der Waals surface area contributed by atoms with Gasteiger partial charge in [-0.15, -0.1) is 0 Å². The van der Waals surface area contributed by atoms with Crippen LogP contribution in [0.3, 0.4) is 0 Å². The number of anilines is 2. The molecule has 6 heteroatoms. The average Bonchev–Trinajstić information content (AvgIpc) is 3.03. The van der Waals surface area contributed by atoms with Gasteiger partial charge in [0.25, 0.3) is 0 Å². The fourth-order valence-electron chi connectivity index (χ4n) is 2.83. The van der Waals surface area contributed by atoms with Crippen LogP contribution < -0.4 is 10.2 Å². The van der Waals surface area contributed by atoms with Crippen LogP contribution in [-0.4, -0.2) is 33.9 Å². The molecule has 110 valence electrons. The highest BCUT2D eigenvalue weighted by Gasteiger charge is 2.25. The van der Waals surface area contributed by atoms with Crippen LogP contribution in [0.4, 0.5) is 11.6 Å². The third-order valence-electron chi connectivity index (χ3n) is 3.91. The normalized spacial score (nSPS) is 14.0. The maximum atomic E-state index is 12.0. The van der Waals surface area contributed by atoms with Crippen molar-refractivity contribution in [1.82, 2.24) is 15.0 Å². The molecule has 1 aromatic carbocycles. The molecule has 0 unspecified atom stereocenters. The lowest BCUT2D eigenvalue weighted by Gasteiger charge is -2.27. The minimum atomic E-state index is 0.0151. The van der Waals surface area contributed by atoms with Crippen LogP contribution >= 0.6 is 0 Å². The number of hydrogen-bond acceptors (Lipinski definition) is 4. The molecular weight excluding hydrogens is 278 g/mol. The number of hydrogen-bond donors (Lipinski definition) is 2. The lowest BCUT2D eigenvalue weighted by atomic mass is 10.1. The van der Waals surface area contributed by atoms with Crippen molar-refractivity contribution >= 4 is 28.4 Å². The summed E-state index contributed by atoms with van der Waals surface area (Å²) in [6.07, 6.45) is 3.65. The summed E-state index contributed by atoms with van der Waals surface area (Å²) in [5.41, 5.74) is 2.82. The van der Waals surface area contributed by atoms with Gasteiger partial charge in [-0.3, -0.25) is 9.69 Å². The molecule has 3 heterocycles. The topological polar surface area (TPSA) is 73.9 Å². The van der Waals surface area contributed by atoms with Crippen LogP contribution in [0, 0.1) is 0 Å². The van der Waals surface area contributed by atoms with E-state index in [0.717, 1.165) is 22.2 Å². The first-order valence-corrected chi connectivity index (χ1v) is 7.25. The van der Waals surface area contributed by atoms with Crippen molar-refractivity contribution in [3.63, 3.8) is 0 Å². The minimum Gasteiger partial charge on any atom is -0.361 e. The van der Waals surface area contributed by atoms with Gasteiger partial charge in [0.15, 0.2) is 11.6 Å². The Morgan fingerprint density at radius 1 is 1.32 bits per heavy atom. The van der Waals surface area contributed by atoms with Crippen LogP contribution in [0.1, 0.15) is 6.92 Å². The maximum Gasteiger partial charge on any atom is 0.247 e. The molecule has 0 radical (unpaired) electrons. The zero-order chi connectivity index (χ0) is 15.1. The molecule has 0 aliphatic carbocycles. The molecule has 22 heavy (non-hydrogen) atoms. The Kier molecular flexibility index (Phi) is 2.82. The van der Waals surface area contributed by atoms with Crippen LogP contribution in [0.25, 0.3) is 22.2 Å². The number of nitrogens with one attached hydrogen (secondary N) is 2. The Hall–Kier alpha value is -2.89. The van der Waals surface area contributed by atoms with Gasteiger partial charge in [0.1, 0.15) is 0 Å². The van der Waals surface area contributed by atoms with E-state index in [9.17, 15) is 4.79 Å². The Labute approximate surface area is 127 Å². The number of nitrogens with zero attached hydrogens (tertiary/aromatic N) is 3. The Morgan fingerprint density at radius 3 is 3.09 bits per heavy atom. The summed E-state index contributed by atoms with van der Waals surface area (Å²) >= 11 is 0. The van der Waals surface area contributed by atoms with Gasteiger partial charge in [-0.25, -0.2) is 9.97 Å². The van der Waals surface area contributed by atoms with Crippen molar-refractivity contribution in [2.24, 2.45) is 0 Å². The molecule has 6 nitrogen and oxygen atoms in total. The molecule has 0 saturated heterocycles. The van der Waals surface area contributed by atoms with Crippen LogP contribution in [0.5, 0.6) is 0 Å². The van der Waals surface area contributed by atoms with E-state index in [-0.39, 0.29) is 12.5 Å². The molecule has 2 aromatic heterocycles. The Morgan fingerprint density at radius 2 is 2.23 bits per heavy atom. The number of amides is 1. The molecule has 0 atom stereocenters. The second-order valence-electron chi connectivity index (χ2n) is 5.16. The highest BCUT2D eigenvalue weighted by atomic mass is 16.2. The molecule has 2 N–H and O–H groups in total. The predicted molar refractivity (Wildman–Crippen MR) is 85.8 cm³/mol. The van der Waals surface area contributed by atoms with Gasteiger partial charge in [0.2, 0.25) is 5.91 Å². The highest BCUT2D eigenvalue weighted by molar-refractivity contribution is 6.01. The van der Waals surface area contributed by atoms with Crippen molar-refractivity contribution < 1.29 is 4.79 Å². The van der Waals surface area contributed by atoms with Crippen molar-refractivity contribution in [2.45, 2.75) is 6.92 Å². The van der Waals surface area contributed by atoms with E-state index in [0.29, 0.717) is 18.2 Å². The molecule has 1 amide bonds. The summed E-state index contributed by atoms with van der Waals surface area (Å²) in [7, 11) is 0. The predicted octanol–water partition coefficient (Wildman–Crippen LogP) is 2.40. The number of fused-ring (bicyclic) bond motifs is 2. The molecule has 0 saturated carbocycles.